The van der Waals surface area contributed by atoms with Crippen LogP contribution in [0.25, 0.3) is 10.9 Å². The Labute approximate surface area is 276 Å². The molecule has 2 aromatic carbocycles. The second-order valence-corrected chi connectivity index (χ2v) is 13.3. The van der Waals surface area contributed by atoms with Crippen molar-refractivity contribution in [2.45, 2.75) is 37.5 Å². The van der Waals surface area contributed by atoms with E-state index in [9.17, 15) is 24.6 Å². The number of nitrogens with one attached hydrogen (secondary N) is 2. The first-order chi connectivity index (χ1) is 22.7. The fraction of sp³-hybridized carbons (Fsp3) is 0.400. The van der Waals surface area contributed by atoms with Gasteiger partial charge in [-0.2, -0.15) is 0 Å². The minimum Gasteiger partial charge on any atom is -0.506 e. The van der Waals surface area contributed by atoms with Crippen molar-refractivity contribution in [1.82, 2.24) is 20.1 Å². The van der Waals surface area contributed by atoms with E-state index in [2.05, 4.69) is 39.5 Å². The number of benzene rings is 2. The number of H-pyrrole nitrogens is 1. The van der Waals surface area contributed by atoms with Gasteiger partial charge in [0.15, 0.2) is 0 Å². The van der Waals surface area contributed by atoms with Crippen molar-refractivity contribution in [3.05, 3.63) is 97.5 Å². The van der Waals surface area contributed by atoms with Gasteiger partial charge in [0.25, 0.3) is 5.91 Å². The zero-order valence-electron chi connectivity index (χ0n) is 26.4. The number of pyridine rings is 1. The van der Waals surface area contributed by atoms with Crippen molar-refractivity contribution in [2.24, 2.45) is 0 Å². The first kappa shape index (κ1) is 32.9. The van der Waals surface area contributed by atoms with Crippen LogP contribution < -0.4 is 10.9 Å². The molecule has 0 aliphatic carbocycles. The van der Waals surface area contributed by atoms with E-state index in [0.29, 0.717) is 59.0 Å². The minimum atomic E-state index is -0.800. The molecular formula is C35H40N4O7S. The number of ether oxygens (including phenoxy) is 2. The number of esters is 1. The van der Waals surface area contributed by atoms with Crippen molar-refractivity contribution in [3.8, 4) is 5.75 Å². The molecule has 2 fully saturated rings. The summed E-state index contributed by atoms with van der Waals surface area (Å²) in [7, 11) is 1.33. The van der Waals surface area contributed by atoms with Gasteiger partial charge in [-0.25, -0.2) is 4.79 Å². The van der Waals surface area contributed by atoms with E-state index in [-0.39, 0.29) is 22.8 Å². The number of carbonyl (C=O) groups is 2. The lowest BCUT2D eigenvalue weighted by atomic mass is 9.89. The summed E-state index contributed by atoms with van der Waals surface area (Å²) in [6.45, 7) is 5.18. The second kappa shape index (κ2) is 14.4. The van der Waals surface area contributed by atoms with Crippen molar-refractivity contribution < 1.29 is 29.3 Å². The zero-order chi connectivity index (χ0) is 33.0. The first-order valence-electron chi connectivity index (χ1n) is 15.9. The molecule has 0 bridgehead atoms. The standard InChI is InChI=1S/C35H40N4O7S/c1-45-34(44)30-9-8-29(47-30)33(43)39-17-18-46-35(22-39)12-15-38(16-13-35)21-24-4-2-3-23(19-24)11-14-36-20-28(41)25-5-7-27(40)32-26(25)6-10-31(42)37-32/h2-10,19,28,36,40-41H,11-18,20-22H2,1H3,(H,37,42). The number of thiophene rings is 1. The van der Waals surface area contributed by atoms with Gasteiger partial charge in [0.05, 0.1) is 42.4 Å². The third-order valence-corrected chi connectivity index (χ3v) is 10.2. The summed E-state index contributed by atoms with van der Waals surface area (Å²) < 4.78 is 11.1. The predicted molar refractivity (Wildman–Crippen MR) is 179 cm³/mol. The van der Waals surface area contributed by atoms with Crippen LogP contribution in [-0.4, -0.2) is 95.5 Å². The van der Waals surface area contributed by atoms with Crippen molar-refractivity contribution in [2.75, 3.05) is 53.0 Å². The number of phenols is 1. The number of amides is 1. The van der Waals surface area contributed by atoms with Crippen LogP contribution in [0.2, 0.25) is 0 Å². The number of aromatic hydroxyl groups is 1. The summed E-state index contributed by atoms with van der Waals surface area (Å²) in [5.41, 5.74) is 2.75. The SMILES string of the molecule is COC(=O)c1ccc(C(=O)N2CCOC3(CCN(Cc4cccc(CCNCC(O)c5ccc(O)c6[nH]c(=O)ccc56)c4)CC3)C2)s1. The van der Waals surface area contributed by atoms with E-state index in [0.717, 1.165) is 38.9 Å². The number of methoxy groups -OCH3 is 1. The average molecular weight is 661 g/mol. The molecule has 1 amide bonds. The molecule has 248 valence electrons. The molecule has 1 unspecified atom stereocenters. The van der Waals surface area contributed by atoms with Crippen molar-refractivity contribution in [3.63, 3.8) is 0 Å². The summed E-state index contributed by atoms with van der Waals surface area (Å²) in [4.78, 5) is 44.6. The van der Waals surface area contributed by atoms with Crippen LogP contribution in [-0.2, 0) is 22.4 Å². The molecule has 4 aromatic rings. The fourth-order valence-corrected chi connectivity index (χ4v) is 7.42. The Hall–Kier alpha value is -4.07. The molecule has 0 radical (unpaired) electrons. The topological polar surface area (TPSA) is 144 Å². The third kappa shape index (κ3) is 7.58. The van der Waals surface area contributed by atoms with E-state index in [1.165, 1.54) is 41.7 Å². The van der Waals surface area contributed by atoms with Gasteiger partial charge >= 0.3 is 5.97 Å². The summed E-state index contributed by atoms with van der Waals surface area (Å²) >= 11 is 1.17. The van der Waals surface area contributed by atoms with Crippen LogP contribution in [0.15, 0.2) is 65.5 Å². The maximum atomic E-state index is 13.2. The van der Waals surface area contributed by atoms with Crippen molar-refractivity contribution in [1.29, 1.82) is 0 Å². The number of phenolic OH excluding ortho intramolecular Hbond substituents is 1. The normalized spacial score (nSPS) is 17.2. The molecule has 1 spiro atoms. The molecule has 2 saturated heterocycles. The Balaban J connectivity index is 0.970. The lowest BCUT2D eigenvalue weighted by Gasteiger charge is -2.47. The summed E-state index contributed by atoms with van der Waals surface area (Å²) in [5.74, 6) is -0.528. The van der Waals surface area contributed by atoms with Crippen LogP contribution in [0, 0.1) is 0 Å². The summed E-state index contributed by atoms with van der Waals surface area (Å²) in [6.07, 6.45) is 1.68. The van der Waals surface area contributed by atoms with Gasteiger partial charge < -0.3 is 34.9 Å². The molecule has 2 aliphatic rings. The number of nitrogens with zero attached hydrogens (tertiary/aromatic N) is 2. The molecule has 1 atom stereocenters. The number of fused-ring (bicyclic) bond motifs is 1. The maximum absolute atomic E-state index is 13.2. The Kier molecular flexibility index (Phi) is 10.0. The number of hydrogen-bond acceptors (Lipinski definition) is 10. The smallest absolute Gasteiger partial charge is 0.348 e. The predicted octanol–water partition coefficient (Wildman–Crippen LogP) is 3.45. The lowest BCUT2D eigenvalue weighted by Crippen LogP contribution is -2.57. The Morgan fingerprint density at radius 1 is 1.06 bits per heavy atom. The monoisotopic (exact) mass is 660 g/mol. The minimum absolute atomic E-state index is 0.0291. The number of morpholine rings is 1. The van der Waals surface area contributed by atoms with E-state index in [1.54, 1.807) is 24.3 Å². The number of aromatic nitrogens is 1. The molecule has 47 heavy (non-hydrogen) atoms. The number of aliphatic hydroxyl groups is 1. The maximum Gasteiger partial charge on any atom is 0.348 e. The Morgan fingerprint density at radius 3 is 2.66 bits per heavy atom. The quantitative estimate of drug-likeness (QED) is 0.149. The number of likely N-dealkylation sites (tertiary alicyclic amines) is 1. The number of aromatic amines is 1. The molecule has 2 aromatic heterocycles. The van der Waals surface area contributed by atoms with Crippen LogP contribution in [0.5, 0.6) is 5.75 Å². The highest BCUT2D eigenvalue weighted by atomic mass is 32.1. The molecule has 0 saturated carbocycles. The largest absolute Gasteiger partial charge is 0.506 e. The Bertz CT molecular complexity index is 1800. The lowest BCUT2D eigenvalue weighted by molar-refractivity contribution is -0.127. The highest BCUT2D eigenvalue weighted by molar-refractivity contribution is 7.15. The third-order valence-electron chi connectivity index (χ3n) is 9.10. The van der Waals surface area contributed by atoms with Gasteiger partial charge in [0.2, 0.25) is 5.56 Å². The van der Waals surface area contributed by atoms with Crippen LogP contribution in [0.1, 0.15) is 55.0 Å². The molecule has 2 aliphatic heterocycles. The van der Waals surface area contributed by atoms with E-state index in [1.807, 2.05) is 4.90 Å². The molecule has 4 N–H and O–H groups in total. The number of hydrogen-bond donors (Lipinski definition) is 4. The first-order valence-corrected chi connectivity index (χ1v) is 16.7. The van der Waals surface area contributed by atoms with E-state index < -0.39 is 12.1 Å². The number of piperidine rings is 1. The van der Waals surface area contributed by atoms with Gasteiger partial charge in [-0.1, -0.05) is 30.3 Å². The molecule has 12 heteroatoms. The van der Waals surface area contributed by atoms with Gasteiger partial charge in [-0.15, -0.1) is 11.3 Å². The van der Waals surface area contributed by atoms with Crippen LogP contribution in [0.3, 0.4) is 0 Å². The average Bonchev–Trinajstić information content (AvgIpc) is 3.58. The molecular weight excluding hydrogens is 620 g/mol. The van der Waals surface area contributed by atoms with Gasteiger partial charge in [0.1, 0.15) is 10.6 Å². The van der Waals surface area contributed by atoms with E-state index in [4.69, 9.17) is 9.47 Å². The number of carbonyl (C=O) groups excluding carboxylic acids is 2. The van der Waals surface area contributed by atoms with Gasteiger partial charge in [-0.3, -0.25) is 14.5 Å². The summed E-state index contributed by atoms with van der Waals surface area (Å²) in [6, 6.07) is 18.1. The highest BCUT2D eigenvalue weighted by Crippen LogP contribution is 2.32. The van der Waals surface area contributed by atoms with Gasteiger partial charge in [-0.05, 0) is 66.8 Å². The number of aliphatic hydroxyl groups excluding tert-OH is 1. The fourth-order valence-electron chi connectivity index (χ4n) is 6.53. The zero-order valence-corrected chi connectivity index (χ0v) is 27.2. The van der Waals surface area contributed by atoms with Crippen LogP contribution in [0.4, 0.5) is 0 Å². The highest BCUT2D eigenvalue weighted by Gasteiger charge is 2.41. The Morgan fingerprint density at radius 2 is 1.85 bits per heavy atom. The van der Waals surface area contributed by atoms with Gasteiger partial charge in [0, 0.05) is 44.2 Å². The van der Waals surface area contributed by atoms with Crippen molar-refractivity contribution >= 4 is 34.1 Å². The number of rotatable bonds is 10. The molecule has 6 rings (SSSR count). The summed E-state index contributed by atoms with van der Waals surface area (Å²) in [5, 5.41) is 24.9. The molecule has 11 nitrogen and oxygen atoms in total. The van der Waals surface area contributed by atoms with Crippen LogP contribution >= 0.6 is 11.3 Å². The second-order valence-electron chi connectivity index (χ2n) is 12.3. The molecule has 4 heterocycles. The van der Waals surface area contributed by atoms with E-state index >= 15 is 0 Å².